The lowest BCUT2D eigenvalue weighted by atomic mass is 10.1. The zero-order valence-electron chi connectivity index (χ0n) is 16.0. The molecule has 1 atom stereocenters. The lowest BCUT2D eigenvalue weighted by molar-refractivity contribution is -0.124. The number of aromatic amines is 1. The summed E-state index contributed by atoms with van der Waals surface area (Å²) in [5.41, 5.74) is 3.49. The van der Waals surface area contributed by atoms with Crippen molar-refractivity contribution in [2.24, 2.45) is 0 Å². The van der Waals surface area contributed by atoms with Crippen LogP contribution in [-0.2, 0) is 17.9 Å². The van der Waals surface area contributed by atoms with Gasteiger partial charge in [-0.1, -0.05) is 49.4 Å². The van der Waals surface area contributed by atoms with E-state index in [0.717, 1.165) is 26.1 Å². The van der Waals surface area contributed by atoms with E-state index in [0.29, 0.717) is 11.4 Å². The van der Waals surface area contributed by atoms with Gasteiger partial charge in [-0.15, -0.1) is 0 Å². The lowest BCUT2D eigenvalue weighted by Gasteiger charge is -2.22. The van der Waals surface area contributed by atoms with Gasteiger partial charge in [0.2, 0.25) is 0 Å². The van der Waals surface area contributed by atoms with Gasteiger partial charge in [0.15, 0.2) is 6.10 Å². The SMILES string of the molecule is CCCN(Cc1ccccc1)Cc1ccc(NC(=O)C(O)c2cnc[nH]2)cc1. The quantitative estimate of drug-likeness (QED) is 0.532. The van der Waals surface area contributed by atoms with E-state index in [2.05, 4.69) is 51.4 Å². The average molecular weight is 378 g/mol. The van der Waals surface area contributed by atoms with Crippen molar-refractivity contribution in [3.63, 3.8) is 0 Å². The summed E-state index contributed by atoms with van der Waals surface area (Å²) in [5.74, 6) is -0.492. The van der Waals surface area contributed by atoms with Crippen LogP contribution in [-0.4, -0.2) is 32.4 Å². The summed E-state index contributed by atoms with van der Waals surface area (Å²) >= 11 is 0. The van der Waals surface area contributed by atoms with Gasteiger partial charge in [-0.2, -0.15) is 0 Å². The molecule has 0 aliphatic heterocycles. The van der Waals surface area contributed by atoms with E-state index in [4.69, 9.17) is 0 Å². The number of nitrogens with one attached hydrogen (secondary N) is 2. The Hall–Kier alpha value is -2.96. The Morgan fingerprint density at radius 3 is 2.39 bits per heavy atom. The van der Waals surface area contributed by atoms with E-state index in [9.17, 15) is 9.90 Å². The Labute approximate surface area is 165 Å². The van der Waals surface area contributed by atoms with E-state index in [1.807, 2.05) is 30.3 Å². The maximum absolute atomic E-state index is 12.1. The topological polar surface area (TPSA) is 81.2 Å². The van der Waals surface area contributed by atoms with Gasteiger partial charge in [0, 0.05) is 18.8 Å². The third kappa shape index (κ3) is 5.52. The Morgan fingerprint density at radius 2 is 1.79 bits per heavy atom. The molecule has 28 heavy (non-hydrogen) atoms. The second-order valence-corrected chi connectivity index (χ2v) is 6.79. The summed E-state index contributed by atoms with van der Waals surface area (Å²) in [6, 6.07) is 18.2. The summed E-state index contributed by atoms with van der Waals surface area (Å²) in [6.45, 7) is 4.95. The molecule has 1 aromatic heterocycles. The molecule has 0 aliphatic rings. The molecule has 0 aliphatic carbocycles. The van der Waals surface area contributed by atoms with E-state index in [-0.39, 0.29) is 0 Å². The molecule has 0 bridgehead atoms. The zero-order valence-corrected chi connectivity index (χ0v) is 16.0. The number of anilines is 1. The summed E-state index contributed by atoms with van der Waals surface area (Å²) in [7, 11) is 0. The van der Waals surface area contributed by atoms with Crippen molar-refractivity contribution < 1.29 is 9.90 Å². The summed E-state index contributed by atoms with van der Waals surface area (Å²) in [4.78, 5) is 21.1. The van der Waals surface area contributed by atoms with E-state index >= 15 is 0 Å². The van der Waals surface area contributed by atoms with Crippen molar-refractivity contribution in [2.45, 2.75) is 32.5 Å². The molecule has 1 unspecified atom stereocenters. The van der Waals surface area contributed by atoms with Gasteiger partial charge in [0.1, 0.15) is 0 Å². The molecule has 1 amide bonds. The molecular weight excluding hydrogens is 352 g/mol. The lowest BCUT2D eigenvalue weighted by Crippen LogP contribution is -2.23. The van der Waals surface area contributed by atoms with Gasteiger partial charge in [-0.3, -0.25) is 9.69 Å². The predicted molar refractivity (Wildman–Crippen MR) is 109 cm³/mol. The fraction of sp³-hybridized carbons (Fsp3) is 0.273. The summed E-state index contributed by atoms with van der Waals surface area (Å²) in [6.07, 6.45) is 2.68. The minimum Gasteiger partial charge on any atom is -0.377 e. The number of carbonyl (C=O) groups excluding carboxylic acids is 1. The van der Waals surface area contributed by atoms with Crippen molar-refractivity contribution in [1.29, 1.82) is 0 Å². The molecule has 2 aromatic carbocycles. The Morgan fingerprint density at radius 1 is 1.11 bits per heavy atom. The first-order valence-electron chi connectivity index (χ1n) is 9.48. The minimum absolute atomic E-state index is 0.366. The molecule has 3 rings (SSSR count). The first-order chi connectivity index (χ1) is 13.7. The first kappa shape index (κ1) is 19.8. The predicted octanol–water partition coefficient (Wildman–Crippen LogP) is 3.49. The molecule has 0 saturated carbocycles. The molecule has 0 spiro atoms. The van der Waals surface area contributed by atoms with Gasteiger partial charge >= 0.3 is 0 Å². The van der Waals surface area contributed by atoms with Crippen LogP contribution in [0.5, 0.6) is 0 Å². The Balaban J connectivity index is 1.58. The van der Waals surface area contributed by atoms with Crippen molar-refractivity contribution in [1.82, 2.24) is 14.9 Å². The van der Waals surface area contributed by atoms with Crippen molar-refractivity contribution in [2.75, 3.05) is 11.9 Å². The second-order valence-electron chi connectivity index (χ2n) is 6.79. The van der Waals surface area contributed by atoms with E-state index < -0.39 is 12.0 Å². The number of amides is 1. The standard InChI is InChI=1S/C22H26N4O2/c1-2-12-26(14-17-6-4-3-5-7-17)15-18-8-10-19(11-9-18)25-22(28)21(27)20-13-23-16-24-20/h3-11,13,16,21,27H,2,12,14-15H2,1H3,(H,23,24)(H,25,28). The van der Waals surface area contributed by atoms with Crippen molar-refractivity contribution in [3.8, 4) is 0 Å². The number of rotatable bonds is 9. The highest BCUT2D eigenvalue weighted by molar-refractivity contribution is 5.94. The van der Waals surface area contributed by atoms with Crippen LogP contribution in [0.2, 0.25) is 0 Å². The van der Waals surface area contributed by atoms with Gasteiger partial charge in [0.05, 0.1) is 18.2 Å². The highest BCUT2D eigenvalue weighted by atomic mass is 16.3. The molecule has 3 aromatic rings. The molecule has 1 heterocycles. The van der Waals surface area contributed by atoms with Crippen LogP contribution < -0.4 is 5.32 Å². The maximum atomic E-state index is 12.1. The van der Waals surface area contributed by atoms with Crippen LogP contribution in [0.15, 0.2) is 67.1 Å². The van der Waals surface area contributed by atoms with Crippen LogP contribution in [0.1, 0.15) is 36.3 Å². The number of hydrogen-bond donors (Lipinski definition) is 3. The maximum Gasteiger partial charge on any atom is 0.259 e. The molecule has 6 heteroatoms. The van der Waals surface area contributed by atoms with Gasteiger partial charge in [-0.25, -0.2) is 4.98 Å². The van der Waals surface area contributed by atoms with Gasteiger partial charge in [0.25, 0.3) is 5.91 Å². The number of benzene rings is 2. The molecule has 6 nitrogen and oxygen atoms in total. The van der Waals surface area contributed by atoms with Gasteiger partial charge < -0.3 is 15.4 Å². The van der Waals surface area contributed by atoms with Crippen LogP contribution in [0.3, 0.4) is 0 Å². The third-order valence-electron chi connectivity index (χ3n) is 4.48. The molecular formula is C22H26N4O2. The monoisotopic (exact) mass is 378 g/mol. The van der Waals surface area contributed by atoms with Crippen LogP contribution in [0, 0.1) is 0 Å². The number of aromatic nitrogens is 2. The molecule has 0 saturated heterocycles. The van der Waals surface area contributed by atoms with Crippen molar-refractivity contribution >= 4 is 11.6 Å². The van der Waals surface area contributed by atoms with E-state index in [1.54, 1.807) is 0 Å². The number of aliphatic hydroxyl groups is 1. The van der Waals surface area contributed by atoms with Gasteiger partial charge in [-0.05, 0) is 36.2 Å². The number of nitrogens with zero attached hydrogens (tertiary/aromatic N) is 2. The number of carbonyl (C=O) groups is 1. The molecule has 146 valence electrons. The Bertz CT molecular complexity index is 848. The second kappa shape index (κ2) is 9.82. The van der Waals surface area contributed by atoms with Crippen molar-refractivity contribution in [3.05, 3.63) is 83.9 Å². The highest BCUT2D eigenvalue weighted by Crippen LogP contribution is 2.16. The number of aliphatic hydroxyl groups excluding tert-OH is 1. The largest absolute Gasteiger partial charge is 0.377 e. The third-order valence-corrected chi connectivity index (χ3v) is 4.48. The molecule has 3 N–H and O–H groups in total. The molecule has 0 radical (unpaired) electrons. The Kier molecular flexibility index (Phi) is 6.94. The van der Waals surface area contributed by atoms with Crippen LogP contribution >= 0.6 is 0 Å². The highest BCUT2D eigenvalue weighted by Gasteiger charge is 2.18. The van der Waals surface area contributed by atoms with E-state index in [1.165, 1.54) is 23.7 Å². The van der Waals surface area contributed by atoms with Crippen LogP contribution in [0.4, 0.5) is 5.69 Å². The summed E-state index contributed by atoms with van der Waals surface area (Å²) < 4.78 is 0. The fourth-order valence-corrected chi connectivity index (χ4v) is 3.09. The number of imidazole rings is 1. The number of hydrogen-bond acceptors (Lipinski definition) is 4. The fourth-order valence-electron chi connectivity index (χ4n) is 3.09. The summed E-state index contributed by atoms with van der Waals surface area (Å²) in [5, 5.41) is 12.7. The average Bonchev–Trinajstić information content (AvgIpc) is 3.24. The molecule has 0 fully saturated rings. The minimum atomic E-state index is -1.27. The number of H-pyrrole nitrogens is 1. The smallest absolute Gasteiger partial charge is 0.259 e. The normalized spacial score (nSPS) is 12.1. The van der Waals surface area contributed by atoms with Crippen LogP contribution in [0.25, 0.3) is 0 Å². The zero-order chi connectivity index (χ0) is 19.8. The first-order valence-corrected chi connectivity index (χ1v) is 9.48.